The van der Waals surface area contributed by atoms with Gasteiger partial charge in [0.2, 0.25) is 0 Å². The van der Waals surface area contributed by atoms with Crippen LogP contribution >= 0.6 is 0 Å². The molecule has 4 nitrogen and oxygen atoms in total. The Morgan fingerprint density at radius 2 is 2.05 bits per heavy atom. The normalized spacial score (nSPS) is 12.9. The highest BCUT2D eigenvalue weighted by Crippen LogP contribution is 2.14. The molecular weight excluding hydrogens is 236 g/mol. The third-order valence-electron chi connectivity index (χ3n) is 3.31. The molecule has 0 saturated carbocycles. The van der Waals surface area contributed by atoms with Gasteiger partial charge in [0, 0.05) is 12.1 Å². The monoisotopic (exact) mass is 258 g/mol. The van der Waals surface area contributed by atoms with E-state index in [-0.39, 0.29) is 0 Å². The number of aromatic nitrogens is 3. The summed E-state index contributed by atoms with van der Waals surface area (Å²) in [6, 6.07) is 9.27. The predicted molar refractivity (Wildman–Crippen MR) is 76.8 cm³/mol. The minimum absolute atomic E-state index is 0.303. The van der Waals surface area contributed by atoms with Gasteiger partial charge in [0.1, 0.15) is 12.2 Å². The summed E-state index contributed by atoms with van der Waals surface area (Å²) in [5, 5.41) is 11.7. The Hall–Kier alpha value is -1.68. The molecule has 2 aromatic rings. The first-order chi connectivity index (χ1) is 9.08. The molecule has 1 heterocycles. The first-order valence-electron chi connectivity index (χ1n) is 6.76. The molecule has 2 rings (SSSR count). The lowest BCUT2D eigenvalue weighted by molar-refractivity contribution is 0.509. The van der Waals surface area contributed by atoms with Gasteiger partial charge in [-0.05, 0) is 33.3 Å². The van der Waals surface area contributed by atoms with E-state index in [9.17, 15) is 0 Å². The summed E-state index contributed by atoms with van der Waals surface area (Å²) < 4.78 is 2.09. The average Bonchev–Trinajstić information content (AvgIpc) is 2.84. The summed E-state index contributed by atoms with van der Waals surface area (Å²) in [7, 11) is 0. The maximum Gasteiger partial charge on any atom is 0.147 e. The van der Waals surface area contributed by atoms with E-state index >= 15 is 0 Å². The molecule has 1 atom stereocenters. The summed E-state index contributed by atoms with van der Waals surface area (Å²) in [6.45, 7) is 9.29. The van der Waals surface area contributed by atoms with Crippen LogP contribution in [0.1, 0.15) is 49.8 Å². The molecule has 1 N–H and O–H groups in total. The predicted octanol–water partition coefficient (Wildman–Crippen LogP) is 3.02. The van der Waals surface area contributed by atoms with Crippen LogP contribution in [0, 0.1) is 6.92 Å². The highest BCUT2D eigenvalue weighted by molar-refractivity contribution is 5.24. The molecule has 0 spiro atoms. The Labute approximate surface area is 114 Å². The maximum atomic E-state index is 4.17. The Balaban J connectivity index is 2.00. The fourth-order valence-electron chi connectivity index (χ4n) is 2.13. The van der Waals surface area contributed by atoms with Crippen LogP contribution < -0.4 is 5.32 Å². The molecule has 0 saturated heterocycles. The van der Waals surface area contributed by atoms with Gasteiger partial charge in [-0.1, -0.05) is 29.8 Å². The number of hydrogen-bond donors (Lipinski definition) is 1. The number of nitrogens with zero attached hydrogens (tertiary/aromatic N) is 3. The smallest absolute Gasteiger partial charge is 0.147 e. The first-order valence-corrected chi connectivity index (χ1v) is 6.76. The van der Waals surface area contributed by atoms with E-state index in [1.807, 2.05) is 0 Å². The third-order valence-corrected chi connectivity index (χ3v) is 3.31. The zero-order valence-corrected chi connectivity index (χ0v) is 12.1. The molecule has 0 bridgehead atoms. The lowest BCUT2D eigenvalue weighted by Crippen LogP contribution is -2.21. The molecule has 0 radical (unpaired) electrons. The summed E-state index contributed by atoms with van der Waals surface area (Å²) >= 11 is 0. The van der Waals surface area contributed by atoms with Crippen LogP contribution in [0.15, 0.2) is 30.6 Å². The Morgan fingerprint density at radius 3 is 2.74 bits per heavy atom. The van der Waals surface area contributed by atoms with Crippen molar-refractivity contribution in [1.82, 2.24) is 20.1 Å². The molecule has 19 heavy (non-hydrogen) atoms. The van der Waals surface area contributed by atoms with Crippen LogP contribution in [-0.2, 0) is 6.54 Å². The molecule has 0 aliphatic carbocycles. The minimum Gasteiger partial charge on any atom is -0.314 e. The zero-order chi connectivity index (χ0) is 13.8. The average molecular weight is 258 g/mol. The second-order valence-electron chi connectivity index (χ2n) is 5.26. The van der Waals surface area contributed by atoms with Crippen molar-refractivity contribution in [3.63, 3.8) is 0 Å². The van der Waals surface area contributed by atoms with Crippen molar-refractivity contribution in [2.24, 2.45) is 0 Å². The van der Waals surface area contributed by atoms with Crippen molar-refractivity contribution in [3.05, 3.63) is 47.5 Å². The molecule has 1 aromatic carbocycles. The topological polar surface area (TPSA) is 42.7 Å². The van der Waals surface area contributed by atoms with Crippen LogP contribution in [0.5, 0.6) is 0 Å². The molecule has 0 fully saturated rings. The van der Waals surface area contributed by atoms with Crippen molar-refractivity contribution >= 4 is 0 Å². The quantitative estimate of drug-likeness (QED) is 0.896. The highest BCUT2D eigenvalue weighted by atomic mass is 15.3. The van der Waals surface area contributed by atoms with Crippen LogP contribution in [0.4, 0.5) is 0 Å². The van der Waals surface area contributed by atoms with Crippen LogP contribution in [-0.4, -0.2) is 14.8 Å². The van der Waals surface area contributed by atoms with Crippen molar-refractivity contribution in [2.45, 2.75) is 46.3 Å². The maximum absolute atomic E-state index is 4.17. The summed E-state index contributed by atoms with van der Waals surface area (Å²) in [4.78, 5) is 0. The molecule has 4 heteroatoms. The second-order valence-corrected chi connectivity index (χ2v) is 5.26. The van der Waals surface area contributed by atoms with Crippen molar-refractivity contribution in [2.75, 3.05) is 0 Å². The first kappa shape index (κ1) is 13.7. The van der Waals surface area contributed by atoms with Gasteiger partial charge < -0.3 is 9.88 Å². The van der Waals surface area contributed by atoms with Gasteiger partial charge in [0.15, 0.2) is 0 Å². The number of aryl methyl sites for hydroxylation is 1. The fraction of sp³-hybridized carbons (Fsp3) is 0.467. The van der Waals surface area contributed by atoms with E-state index in [0.29, 0.717) is 12.1 Å². The SMILES string of the molecule is Cc1cccc(C(C)NCc2nncn2C(C)C)c1. The molecular formula is C15H22N4. The molecule has 0 amide bonds. The molecule has 1 unspecified atom stereocenters. The number of rotatable bonds is 5. The van der Waals surface area contributed by atoms with E-state index < -0.39 is 0 Å². The van der Waals surface area contributed by atoms with E-state index in [4.69, 9.17) is 0 Å². The van der Waals surface area contributed by atoms with Gasteiger partial charge in [-0.2, -0.15) is 0 Å². The molecule has 1 aromatic heterocycles. The van der Waals surface area contributed by atoms with Crippen molar-refractivity contribution in [3.8, 4) is 0 Å². The van der Waals surface area contributed by atoms with Crippen LogP contribution in [0.3, 0.4) is 0 Å². The Kier molecular flexibility index (Phi) is 4.32. The van der Waals surface area contributed by atoms with E-state index in [1.165, 1.54) is 11.1 Å². The summed E-state index contributed by atoms with van der Waals surface area (Å²) in [6.07, 6.45) is 1.79. The van der Waals surface area contributed by atoms with Crippen LogP contribution in [0.2, 0.25) is 0 Å². The third kappa shape index (κ3) is 3.41. The van der Waals surface area contributed by atoms with Gasteiger partial charge in [0.25, 0.3) is 0 Å². The van der Waals surface area contributed by atoms with Gasteiger partial charge in [-0.15, -0.1) is 10.2 Å². The molecule has 0 aliphatic heterocycles. The summed E-state index contributed by atoms with van der Waals surface area (Å²) in [5.41, 5.74) is 2.59. The number of benzene rings is 1. The fourth-order valence-corrected chi connectivity index (χ4v) is 2.13. The Bertz CT molecular complexity index is 530. The second kappa shape index (κ2) is 5.97. The van der Waals surface area contributed by atoms with Crippen molar-refractivity contribution < 1.29 is 0 Å². The van der Waals surface area contributed by atoms with Crippen LogP contribution in [0.25, 0.3) is 0 Å². The standard InChI is InChI=1S/C15H22N4/c1-11(2)19-10-17-18-15(19)9-16-13(4)14-7-5-6-12(3)8-14/h5-8,10-11,13,16H,9H2,1-4H3. The van der Waals surface area contributed by atoms with E-state index in [2.05, 4.69) is 72.0 Å². The Morgan fingerprint density at radius 1 is 1.26 bits per heavy atom. The van der Waals surface area contributed by atoms with Gasteiger partial charge in [0.05, 0.1) is 6.54 Å². The van der Waals surface area contributed by atoms with E-state index in [1.54, 1.807) is 6.33 Å². The number of hydrogen-bond acceptors (Lipinski definition) is 3. The number of nitrogens with one attached hydrogen (secondary N) is 1. The summed E-state index contributed by atoms with van der Waals surface area (Å²) in [5.74, 6) is 0.981. The minimum atomic E-state index is 0.303. The van der Waals surface area contributed by atoms with Gasteiger partial charge in [-0.25, -0.2) is 0 Å². The zero-order valence-electron chi connectivity index (χ0n) is 12.1. The van der Waals surface area contributed by atoms with E-state index in [0.717, 1.165) is 12.4 Å². The van der Waals surface area contributed by atoms with Gasteiger partial charge in [-0.3, -0.25) is 0 Å². The van der Waals surface area contributed by atoms with Gasteiger partial charge >= 0.3 is 0 Å². The highest BCUT2D eigenvalue weighted by Gasteiger charge is 2.10. The van der Waals surface area contributed by atoms with Crippen molar-refractivity contribution in [1.29, 1.82) is 0 Å². The molecule has 0 aliphatic rings. The molecule has 102 valence electrons. The lowest BCUT2D eigenvalue weighted by Gasteiger charge is -2.16. The largest absolute Gasteiger partial charge is 0.314 e. The lowest BCUT2D eigenvalue weighted by atomic mass is 10.1.